The Kier molecular flexibility index (Phi) is 7.68. The van der Waals surface area contributed by atoms with Gasteiger partial charge in [0, 0.05) is 17.2 Å². The third kappa shape index (κ3) is 5.13. The Morgan fingerprint density at radius 3 is 2.64 bits per heavy atom. The van der Waals surface area contributed by atoms with Crippen molar-refractivity contribution < 1.29 is 19.1 Å². The number of ether oxygens (including phenoxy) is 2. The normalized spacial score (nSPS) is 16.6. The molecule has 2 amide bonds. The standard InChI is InChI=1S/C33H34N4O4S/c1-5-21(3)34-28(38)17-36-29(39)18-42-32(24-14-15-26-27(16-24)41-19-40-26)30-31(23-11-7-6-8-12-23)35-37(33(30)36)25-13-9-10-20(2)22(25)4/h6-16,21,32H,5,17-19H2,1-4H3,(H,34,38)/t21-,32-/m0/s1. The van der Waals surface area contributed by atoms with Crippen molar-refractivity contribution in [3.63, 3.8) is 0 Å². The van der Waals surface area contributed by atoms with Crippen LogP contribution in [0.1, 0.15) is 47.8 Å². The second-order valence-electron chi connectivity index (χ2n) is 10.7. The molecule has 0 saturated carbocycles. The van der Waals surface area contributed by atoms with Gasteiger partial charge in [0.1, 0.15) is 12.4 Å². The molecule has 1 aromatic heterocycles. The number of carbonyl (C=O) groups excluding carboxylic acids is 2. The third-order valence-electron chi connectivity index (χ3n) is 7.96. The van der Waals surface area contributed by atoms with E-state index in [2.05, 4.69) is 25.2 Å². The number of carbonyl (C=O) groups is 2. The quantitative estimate of drug-likeness (QED) is 0.289. The lowest BCUT2D eigenvalue weighted by atomic mass is 9.99. The topological polar surface area (TPSA) is 85.7 Å². The number of nitrogens with one attached hydrogen (secondary N) is 1. The summed E-state index contributed by atoms with van der Waals surface area (Å²) in [4.78, 5) is 28.9. The molecular formula is C33H34N4O4S. The predicted molar refractivity (Wildman–Crippen MR) is 166 cm³/mol. The summed E-state index contributed by atoms with van der Waals surface area (Å²) < 4.78 is 13.2. The molecule has 216 valence electrons. The lowest BCUT2D eigenvalue weighted by Gasteiger charge is -2.24. The number of hydrogen-bond donors (Lipinski definition) is 1. The van der Waals surface area contributed by atoms with Gasteiger partial charge in [-0.25, -0.2) is 4.68 Å². The first-order valence-corrected chi connectivity index (χ1v) is 15.3. The van der Waals surface area contributed by atoms with E-state index in [0.717, 1.165) is 45.6 Å². The van der Waals surface area contributed by atoms with Gasteiger partial charge >= 0.3 is 0 Å². The van der Waals surface area contributed by atoms with Crippen LogP contribution in [0.2, 0.25) is 0 Å². The van der Waals surface area contributed by atoms with Crippen LogP contribution in [0.3, 0.4) is 0 Å². The van der Waals surface area contributed by atoms with E-state index in [1.807, 2.05) is 79.2 Å². The number of amides is 2. The minimum atomic E-state index is -0.254. The smallest absolute Gasteiger partial charge is 0.240 e. The SMILES string of the molecule is CC[C@H](C)NC(=O)CN1C(=O)CS[C@@H](c2ccc3c(c2)OCO3)c2c(-c3ccccc3)nn(-c3cccc(C)c3C)c21. The first-order valence-electron chi connectivity index (χ1n) is 14.2. The number of rotatable bonds is 7. The van der Waals surface area contributed by atoms with Crippen LogP contribution in [0.25, 0.3) is 16.9 Å². The molecule has 3 heterocycles. The Balaban J connectivity index is 1.62. The minimum Gasteiger partial charge on any atom is -0.454 e. The molecule has 0 fully saturated rings. The average molecular weight is 583 g/mol. The first-order chi connectivity index (χ1) is 20.4. The van der Waals surface area contributed by atoms with E-state index in [-0.39, 0.29) is 42.2 Å². The summed E-state index contributed by atoms with van der Waals surface area (Å²) in [6, 6.07) is 22.0. The fourth-order valence-electron chi connectivity index (χ4n) is 5.37. The summed E-state index contributed by atoms with van der Waals surface area (Å²) in [6.45, 7) is 8.19. The van der Waals surface area contributed by atoms with E-state index in [4.69, 9.17) is 14.6 Å². The molecule has 8 nitrogen and oxygen atoms in total. The molecule has 2 aliphatic heterocycles. The predicted octanol–water partition coefficient (Wildman–Crippen LogP) is 5.97. The Bertz CT molecular complexity index is 1650. The Morgan fingerprint density at radius 1 is 1.07 bits per heavy atom. The van der Waals surface area contributed by atoms with E-state index in [0.29, 0.717) is 17.3 Å². The lowest BCUT2D eigenvalue weighted by Crippen LogP contribution is -2.44. The molecule has 2 aliphatic rings. The van der Waals surface area contributed by atoms with Crippen LogP contribution >= 0.6 is 11.8 Å². The molecule has 0 bridgehead atoms. The number of hydrogen-bond acceptors (Lipinski definition) is 6. The number of anilines is 1. The second-order valence-corrected chi connectivity index (χ2v) is 11.8. The van der Waals surface area contributed by atoms with Crippen molar-refractivity contribution in [2.24, 2.45) is 0 Å². The van der Waals surface area contributed by atoms with Crippen LogP contribution in [0.5, 0.6) is 11.5 Å². The molecule has 42 heavy (non-hydrogen) atoms. The summed E-state index contributed by atoms with van der Waals surface area (Å²) in [5.41, 5.74) is 6.59. The highest BCUT2D eigenvalue weighted by atomic mass is 32.2. The molecule has 2 atom stereocenters. The van der Waals surface area contributed by atoms with Crippen molar-refractivity contribution in [2.45, 2.75) is 45.4 Å². The molecule has 0 unspecified atom stereocenters. The second kappa shape index (κ2) is 11.6. The molecule has 1 N–H and O–H groups in total. The first kappa shape index (κ1) is 27.9. The van der Waals surface area contributed by atoms with Gasteiger partial charge in [-0.1, -0.05) is 55.5 Å². The average Bonchev–Trinajstić information content (AvgIpc) is 3.59. The lowest BCUT2D eigenvalue weighted by molar-refractivity contribution is -0.123. The number of aromatic nitrogens is 2. The van der Waals surface area contributed by atoms with E-state index < -0.39 is 0 Å². The van der Waals surface area contributed by atoms with Crippen molar-refractivity contribution >= 4 is 29.4 Å². The van der Waals surface area contributed by atoms with Crippen molar-refractivity contribution in [1.82, 2.24) is 15.1 Å². The van der Waals surface area contributed by atoms with Gasteiger partial charge in [0.25, 0.3) is 0 Å². The Hall–Kier alpha value is -4.24. The molecule has 0 saturated heterocycles. The molecule has 0 aliphatic carbocycles. The van der Waals surface area contributed by atoms with Crippen LogP contribution in [-0.4, -0.2) is 46.7 Å². The highest BCUT2D eigenvalue weighted by molar-refractivity contribution is 8.00. The van der Waals surface area contributed by atoms with Crippen molar-refractivity contribution in [3.8, 4) is 28.4 Å². The number of aryl methyl sites for hydroxylation is 1. The maximum absolute atomic E-state index is 14.0. The minimum absolute atomic E-state index is 0.00128. The molecule has 9 heteroatoms. The Morgan fingerprint density at radius 2 is 1.86 bits per heavy atom. The fourth-order valence-corrected chi connectivity index (χ4v) is 6.55. The van der Waals surface area contributed by atoms with Gasteiger partial charge < -0.3 is 14.8 Å². The summed E-state index contributed by atoms with van der Waals surface area (Å²) in [7, 11) is 0. The number of fused-ring (bicyclic) bond motifs is 2. The third-order valence-corrected chi connectivity index (χ3v) is 9.22. The van der Waals surface area contributed by atoms with E-state index >= 15 is 0 Å². The van der Waals surface area contributed by atoms with Gasteiger partial charge in [-0.05, 0) is 62.1 Å². The largest absolute Gasteiger partial charge is 0.454 e. The fraction of sp³-hybridized carbons (Fsp3) is 0.303. The molecule has 4 aromatic rings. The van der Waals surface area contributed by atoms with Gasteiger partial charge in [0.15, 0.2) is 11.5 Å². The van der Waals surface area contributed by atoms with E-state index in [1.54, 1.807) is 4.90 Å². The molecule has 6 rings (SSSR count). The van der Waals surface area contributed by atoms with Crippen molar-refractivity contribution in [1.29, 1.82) is 0 Å². The molecule has 0 spiro atoms. The summed E-state index contributed by atoms with van der Waals surface area (Å²) in [5.74, 6) is 1.84. The monoisotopic (exact) mass is 582 g/mol. The van der Waals surface area contributed by atoms with Crippen LogP contribution in [-0.2, 0) is 9.59 Å². The van der Waals surface area contributed by atoms with Gasteiger partial charge in [-0.15, -0.1) is 11.8 Å². The Labute approximate surface area is 250 Å². The molecule has 0 radical (unpaired) electrons. The zero-order valence-electron chi connectivity index (χ0n) is 24.2. The molecular weight excluding hydrogens is 548 g/mol. The van der Waals surface area contributed by atoms with E-state index in [1.165, 1.54) is 11.8 Å². The van der Waals surface area contributed by atoms with Crippen LogP contribution in [0, 0.1) is 13.8 Å². The number of benzene rings is 3. The van der Waals surface area contributed by atoms with Crippen molar-refractivity contribution in [3.05, 3.63) is 89.0 Å². The van der Waals surface area contributed by atoms with Gasteiger partial charge in [-0.2, -0.15) is 5.10 Å². The highest BCUT2D eigenvalue weighted by Gasteiger charge is 2.38. The van der Waals surface area contributed by atoms with Gasteiger partial charge in [0.2, 0.25) is 18.6 Å². The zero-order chi connectivity index (χ0) is 29.4. The zero-order valence-corrected chi connectivity index (χ0v) is 25.0. The van der Waals surface area contributed by atoms with Crippen molar-refractivity contribution in [2.75, 3.05) is 24.0 Å². The van der Waals surface area contributed by atoms with Crippen LogP contribution in [0.15, 0.2) is 66.7 Å². The molecule has 3 aromatic carbocycles. The van der Waals surface area contributed by atoms with Crippen LogP contribution < -0.4 is 19.7 Å². The number of thioether (sulfide) groups is 1. The maximum Gasteiger partial charge on any atom is 0.240 e. The number of nitrogens with zero attached hydrogens (tertiary/aromatic N) is 3. The van der Waals surface area contributed by atoms with Gasteiger partial charge in [0.05, 0.1) is 22.4 Å². The van der Waals surface area contributed by atoms with E-state index in [9.17, 15) is 9.59 Å². The maximum atomic E-state index is 14.0. The van der Waals surface area contributed by atoms with Gasteiger partial charge in [-0.3, -0.25) is 14.5 Å². The summed E-state index contributed by atoms with van der Waals surface area (Å²) in [6.07, 6.45) is 0.797. The highest BCUT2D eigenvalue weighted by Crippen LogP contribution is 2.50. The summed E-state index contributed by atoms with van der Waals surface area (Å²) in [5, 5.41) is 8.00. The van der Waals surface area contributed by atoms with Crippen LogP contribution in [0.4, 0.5) is 5.82 Å². The summed E-state index contributed by atoms with van der Waals surface area (Å²) >= 11 is 1.53.